The second-order valence-electron chi connectivity index (χ2n) is 8.21. The Morgan fingerprint density at radius 1 is 1.27 bits per heavy atom. The molecular weight excluding hydrogens is 627 g/mol. The van der Waals surface area contributed by atoms with Crippen molar-refractivity contribution in [3.8, 4) is 11.5 Å². The molecule has 0 aliphatic carbocycles. The van der Waals surface area contributed by atoms with Crippen molar-refractivity contribution in [3.63, 3.8) is 0 Å². The molecule has 194 valence electrons. The second-order valence-corrected chi connectivity index (χ2v) is 10.8. The maximum absolute atomic E-state index is 13.8. The molecule has 0 saturated heterocycles. The molecule has 1 atom stereocenters. The predicted molar refractivity (Wildman–Crippen MR) is 153 cm³/mol. The highest BCUT2D eigenvalue weighted by atomic mass is 127. The number of ether oxygens (including phenoxy) is 3. The number of carbonyl (C=O) groups excluding carboxylic acids is 1. The quantitative estimate of drug-likeness (QED) is 0.257. The number of hydrogen-bond donors (Lipinski definition) is 0. The summed E-state index contributed by atoms with van der Waals surface area (Å²) < 4.78 is 19.6. The van der Waals surface area contributed by atoms with E-state index >= 15 is 0 Å². The van der Waals surface area contributed by atoms with Gasteiger partial charge in [-0.15, -0.1) is 0 Å². The van der Waals surface area contributed by atoms with E-state index in [1.54, 1.807) is 39.2 Å². The molecule has 7 nitrogen and oxygen atoms in total. The minimum Gasteiger partial charge on any atom is -0.493 e. The average molecular weight is 653 g/mol. The molecule has 4 rings (SSSR count). The zero-order valence-corrected chi connectivity index (χ0v) is 24.6. The number of rotatable bonds is 8. The Labute approximate surface area is 237 Å². The van der Waals surface area contributed by atoms with Gasteiger partial charge in [0.2, 0.25) is 0 Å². The number of methoxy groups -OCH3 is 1. The second kappa shape index (κ2) is 11.8. The van der Waals surface area contributed by atoms with Gasteiger partial charge in [-0.05, 0) is 78.3 Å². The van der Waals surface area contributed by atoms with E-state index in [9.17, 15) is 9.59 Å². The van der Waals surface area contributed by atoms with Crippen LogP contribution in [-0.2, 0) is 9.53 Å². The van der Waals surface area contributed by atoms with Crippen LogP contribution in [0.4, 0.5) is 0 Å². The van der Waals surface area contributed by atoms with Crippen molar-refractivity contribution in [3.05, 3.63) is 87.1 Å². The number of benzene rings is 2. The average Bonchev–Trinajstić information content (AvgIpc) is 3.17. The van der Waals surface area contributed by atoms with Crippen molar-refractivity contribution in [1.82, 2.24) is 4.57 Å². The standard InChI is InChI=1S/C27H26ClIN2O5S/c1-5-11-36-24-19(29)12-16(13-20(24)34-4)14-21-25(32)31-23(17-9-7-8-10-18(17)28)22(26(33)35-6-2)15(3)30-27(31)37-21/h7-10,12-14,23H,5-6,11H2,1-4H3/b21-14+/t23-/m1/s1. The Hall–Kier alpha value is -2.63. The third-order valence-corrected chi connectivity index (χ3v) is 7.85. The summed E-state index contributed by atoms with van der Waals surface area (Å²) in [6, 6.07) is 10.2. The molecule has 2 heterocycles. The van der Waals surface area contributed by atoms with Crippen LogP contribution in [0.2, 0.25) is 5.02 Å². The highest BCUT2D eigenvalue weighted by Gasteiger charge is 2.34. The van der Waals surface area contributed by atoms with E-state index in [-0.39, 0.29) is 12.2 Å². The molecule has 0 spiro atoms. The number of nitrogens with zero attached hydrogens (tertiary/aromatic N) is 2. The first-order valence-electron chi connectivity index (χ1n) is 11.7. The summed E-state index contributed by atoms with van der Waals surface area (Å²) in [5.74, 6) is 0.746. The van der Waals surface area contributed by atoms with E-state index in [2.05, 4.69) is 27.6 Å². The van der Waals surface area contributed by atoms with Crippen molar-refractivity contribution in [1.29, 1.82) is 0 Å². The SMILES string of the molecule is CCCOc1c(I)cc(/C=c2/sc3n(c2=O)[C@H](c2ccccc2Cl)C(C(=O)OCC)=C(C)N=3)cc1OC. The van der Waals surface area contributed by atoms with Crippen LogP contribution in [0, 0.1) is 3.57 Å². The van der Waals surface area contributed by atoms with Crippen LogP contribution >= 0.6 is 45.5 Å². The first kappa shape index (κ1) is 27.4. The Kier molecular flexibility index (Phi) is 8.76. The van der Waals surface area contributed by atoms with E-state index in [1.807, 2.05) is 31.2 Å². The predicted octanol–water partition coefficient (Wildman–Crippen LogP) is 4.85. The van der Waals surface area contributed by atoms with Crippen LogP contribution in [0.1, 0.15) is 44.4 Å². The number of esters is 1. The molecule has 2 aromatic carbocycles. The lowest BCUT2D eigenvalue weighted by Crippen LogP contribution is -2.40. The normalized spacial score (nSPS) is 15.3. The van der Waals surface area contributed by atoms with Gasteiger partial charge in [0.15, 0.2) is 16.3 Å². The Bertz CT molecular complexity index is 1560. The lowest BCUT2D eigenvalue weighted by molar-refractivity contribution is -0.139. The summed E-state index contributed by atoms with van der Waals surface area (Å²) in [5.41, 5.74) is 1.92. The minimum absolute atomic E-state index is 0.202. The molecule has 10 heteroatoms. The van der Waals surface area contributed by atoms with Crippen LogP contribution in [0.5, 0.6) is 11.5 Å². The van der Waals surface area contributed by atoms with Crippen molar-refractivity contribution in [2.75, 3.05) is 20.3 Å². The summed E-state index contributed by atoms with van der Waals surface area (Å²) in [5, 5.41) is 0.445. The van der Waals surface area contributed by atoms with Crippen LogP contribution in [0.25, 0.3) is 6.08 Å². The topological polar surface area (TPSA) is 79.1 Å². The van der Waals surface area contributed by atoms with Gasteiger partial charge >= 0.3 is 5.97 Å². The van der Waals surface area contributed by atoms with Crippen LogP contribution in [-0.4, -0.2) is 30.9 Å². The lowest BCUT2D eigenvalue weighted by Gasteiger charge is -2.25. The van der Waals surface area contributed by atoms with Gasteiger partial charge in [-0.1, -0.05) is 48.1 Å². The maximum atomic E-state index is 13.8. The molecule has 0 amide bonds. The monoisotopic (exact) mass is 652 g/mol. The molecule has 0 saturated carbocycles. The minimum atomic E-state index is -0.759. The molecule has 0 radical (unpaired) electrons. The fourth-order valence-corrected chi connectivity index (χ4v) is 6.17. The van der Waals surface area contributed by atoms with Gasteiger partial charge < -0.3 is 14.2 Å². The molecule has 1 aliphatic heterocycles. The molecule has 0 unspecified atom stereocenters. The van der Waals surface area contributed by atoms with Gasteiger partial charge in [0.25, 0.3) is 5.56 Å². The fourth-order valence-electron chi connectivity index (χ4n) is 4.10. The number of hydrogen-bond acceptors (Lipinski definition) is 7. The number of fused-ring (bicyclic) bond motifs is 1. The summed E-state index contributed by atoms with van der Waals surface area (Å²) >= 11 is 10.0. The smallest absolute Gasteiger partial charge is 0.338 e. The largest absolute Gasteiger partial charge is 0.493 e. The number of carbonyl (C=O) groups is 1. The number of thiazole rings is 1. The van der Waals surface area contributed by atoms with E-state index in [0.29, 0.717) is 49.3 Å². The number of halogens is 2. The van der Waals surface area contributed by atoms with E-state index in [0.717, 1.165) is 15.6 Å². The third kappa shape index (κ3) is 5.49. The van der Waals surface area contributed by atoms with Gasteiger partial charge in [-0.25, -0.2) is 9.79 Å². The fraction of sp³-hybridized carbons (Fsp3) is 0.296. The zero-order chi connectivity index (χ0) is 26.7. The van der Waals surface area contributed by atoms with Gasteiger partial charge in [-0.2, -0.15) is 0 Å². The van der Waals surface area contributed by atoms with Gasteiger partial charge in [-0.3, -0.25) is 9.36 Å². The Morgan fingerprint density at radius 3 is 2.70 bits per heavy atom. The molecular formula is C27H26ClIN2O5S. The van der Waals surface area contributed by atoms with Crippen LogP contribution in [0.3, 0.4) is 0 Å². The summed E-state index contributed by atoms with van der Waals surface area (Å²) in [7, 11) is 1.59. The first-order valence-corrected chi connectivity index (χ1v) is 14.0. The van der Waals surface area contributed by atoms with Crippen molar-refractivity contribution < 1.29 is 19.0 Å². The molecule has 1 aromatic heterocycles. The highest BCUT2D eigenvalue weighted by molar-refractivity contribution is 14.1. The lowest BCUT2D eigenvalue weighted by atomic mass is 9.96. The van der Waals surface area contributed by atoms with Crippen molar-refractivity contribution >= 4 is 57.6 Å². The van der Waals surface area contributed by atoms with Gasteiger partial charge in [0.05, 0.1) is 39.7 Å². The zero-order valence-electron chi connectivity index (χ0n) is 20.8. The summed E-state index contributed by atoms with van der Waals surface area (Å²) in [4.78, 5) is 31.9. The molecule has 3 aromatic rings. The van der Waals surface area contributed by atoms with Gasteiger partial charge in [0, 0.05) is 5.02 Å². The number of allylic oxidation sites excluding steroid dienone is 1. The molecule has 0 bridgehead atoms. The molecule has 1 aliphatic rings. The highest BCUT2D eigenvalue weighted by Crippen LogP contribution is 2.35. The third-order valence-electron chi connectivity index (χ3n) is 5.72. The van der Waals surface area contributed by atoms with Crippen LogP contribution in [0.15, 0.2) is 57.5 Å². The Balaban J connectivity index is 1.91. The maximum Gasteiger partial charge on any atom is 0.338 e. The van der Waals surface area contributed by atoms with Crippen molar-refractivity contribution in [2.45, 2.75) is 33.2 Å². The first-order chi connectivity index (χ1) is 17.8. The summed E-state index contributed by atoms with van der Waals surface area (Å²) in [6.07, 6.45) is 2.67. The van der Waals surface area contributed by atoms with Crippen molar-refractivity contribution in [2.24, 2.45) is 4.99 Å². The van der Waals surface area contributed by atoms with E-state index in [4.69, 9.17) is 25.8 Å². The van der Waals surface area contributed by atoms with E-state index < -0.39 is 12.0 Å². The molecule has 0 fully saturated rings. The summed E-state index contributed by atoms with van der Waals surface area (Å²) in [6.45, 7) is 6.30. The van der Waals surface area contributed by atoms with E-state index in [1.165, 1.54) is 15.9 Å². The van der Waals surface area contributed by atoms with Gasteiger partial charge in [0.1, 0.15) is 6.04 Å². The Morgan fingerprint density at radius 2 is 2.03 bits per heavy atom. The van der Waals surface area contributed by atoms with Crippen LogP contribution < -0.4 is 24.4 Å². The molecule has 0 N–H and O–H groups in total. The molecule has 37 heavy (non-hydrogen) atoms. The number of aromatic nitrogens is 1.